The van der Waals surface area contributed by atoms with Gasteiger partial charge < -0.3 is 51.2 Å². The molecule has 0 saturated carbocycles. The molecule has 2 heterocycles. The predicted octanol–water partition coefficient (Wildman–Crippen LogP) is 5.16. The number of hydrogen-bond acceptors (Lipinski definition) is 14. The highest BCUT2D eigenvalue weighted by Crippen LogP contribution is 2.40. The largest absolute Gasteiger partial charge is 0.508 e. The molecular formula is C46H40N10O11. The maximum atomic E-state index is 13.7. The fourth-order valence-electron chi connectivity index (χ4n) is 6.64. The number of ether oxygens (including phenoxy) is 2. The molecule has 2 aromatic heterocycles. The molecular weight excluding hydrogens is 869 g/mol. The van der Waals surface area contributed by atoms with Crippen LogP contribution in [-0.2, 0) is 16.0 Å². The second-order valence-electron chi connectivity index (χ2n) is 14.6. The first-order valence-electron chi connectivity index (χ1n) is 20.0. The number of nitrogens with zero attached hydrogens (tertiary/aromatic N) is 5. The minimum Gasteiger partial charge on any atom is -0.508 e. The van der Waals surface area contributed by atoms with Crippen molar-refractivity contribution in [3.63, 3.8) is 0 Å². The maximum absolute atomic E-state index is 13.7. The molecule has 7 aromatic rings. The Morgan fingerprint density at radius 3 is 2.07 bits per heavy atom. The number of amides is 4. The number of carboxylic acid groups (broad SMARTS) is 1. The Bertz CT molecular complexity index is 3010. The summed E-state index contributed by atoms with van der Waals surface area (Å²) in [6.45, 7) is 1.65. The lowest BCUT2D eigenvalue weighted by Crippen LogP contribution is -2.45. The third kappa shape index (κ3) is 10.5. The van der Waals surface area contributed by atoms with Gasteiger partial charge in [0.25, 0.3) is 17.7 Å². The third-order valence-corrected chi connectivity index (χ3v) is 10.1. The molecule has 9 N–H and O–H groups in total. The molecule has 0 aliphatic carbocycles. The summed E-state index contributed by atoms with van der Waals surface area (Å²) in [5.41, 5.74) is 3.10. The van der Waals surface area contributed by atoms with Crippen LogP contribution in [0.2, 0.25) is 0 Å². The van der Waals surface area contributed by atoms with Crippen molar-refractivity contribution in [3.05, 3.63) is 143 Å². The Kier molecular flexibility index (Phi) is 13.5. The van der Waals surface area contributed by atoms with Gasteiger partial charge in [-0.1, -0.05) is 29.5 Å². The van der Waals surface area contributed by atoms with Crippen molar-refractivity contribution in [1.82, 2.24) is 35.7 Å². The minimum atomic E-state index is -1.40. The van der Waals surface area contributed by atoms with Crippen LogP contribution < -0.4 is 30.7 Å². The highest BCUT2D eigenvalue weighted by Gasteiger charge is 2.26. The number of aromatic hydroxyl groups is 3. The average Bonchev–Trinajstić information content (AvgIpc) is 4.03. The van der Waals surface area contributed by atoms with Crippen LogP contribution in [0.3, 0.4) is 0 Å². The fraction of sp³-hybridized carbons (Fsp3) is 0.109. The van der Waals surface area contributed by atoms with Gasteiger partial charge >= 0.3 is 5.97 Å². The lowest BCUT2D eigenvalue weighted by molar-refractivity contribution is -0.118. The Morgan fingerprint density at radius 1 is 0.761 bits per heavy atom. The van der Waals surface area contributed by atoms with Crippen LogP contribution in [0.1, 0.15) is 49.3 Å². The maximum Gasteiger partial charge on any atom is 0.339 e. The molecule has 0 saturated heterocycles. The van der Waals surface area contributed by atoms with Crippen LogP contribution in [-0.4, -0.2) is 101 Å². The normalized spacial score (nSPS) is 11.5. The summed E-state index contributed by atoms with van der Waals surface area (Å²) in [6.07, 6.45) is 4.65. The number of methoxy groups -OCH3 is 2. The van der Waals surface area contributed by atoms with Crippen molar-refractivity contribution >= 4 is 52.7 Å². The Morgan fingerprint density at radius 2 is 1.42 bits per heavy atom. The van der Waals surface area contributed by atoms with Crippen LogP contribution >= 0.6 is 0 Å². The standard InChI is InChI=1S/C46H40N10O11/c1-24(20-25-4-14-31(57)15-5-25)42(60)48-28-12-8-27(9-13-28)43(61)51-35(21-30-22-47-54-52-30)45(63)49-29-10-6-26(7-11-29)36-23-56(55-53-36)37-19-17-32(38(58)41(37)67-3)44(62)50-34-18-16-33(46(64)65)39(59)40(34)66-2/h4-20,22-23,35,57-59H,21H2,1-3H3,(H,48,60)(H,49,63)(H,50,62)(H,51,61)(H,64,65)(H,47,52,54)/b24-20+/t35-/m0/s1. The molecule has 0 spiro atoms. The second-order valence-corrected chi connectivity index (χ2v) is 14.6. The summed E-state index contributed by atoms with van der Waals surface area (Å²) < 4.78 is 11.9. The van der Waals surface area contributed by atoms with E-state index < -0.39 is 46.8 Å². The van der Waals surface area contributed by atoms with Gasteiger partial charge in [-0.15, -0.1) is 5.10 Å². The number of phenolic OH excluding ortho intramolecular Hbond substituents is 2. The van der Waals surface area contributed by atoms with E-state index in [1.165, 1.54) is 67.6 Å². The molecule has 0 aliphatic rings. The van der Waals surface area contributed by atoms with Crippen molar-refractivity contribution < 1.29 is 53.9 Å². The molecule has 340 valence electrons. The lowest BCUT2D eigenvalue weighted by atomic mass is 10.1. The fourth-order valence-corrected chi connectivity index (χ4v) is 6.64. The summed E-state index contributed by atoms with van der Waals surface area (Å²) in [5.74, 6) is -5.26. The number of H-pyrrole nitrogens is 1. The van der Waals surface area contributed by atoms with Gasteiger partial charge in [0, 0.05) is 34.5 Å². The van der Waals surface area contributed by atoms with Gasteiger partial charge in [-0.05, 0) is 91.4 Å². The highest BCUT2D eigenvalue weighted by atomic mass is 16.5. The van der Waals surface area contributed by atoms with Crippen molar-refractivity contribution in [2.75, 3.05) is 30.2 Å². The smallest absolute Gasteiger partial charge is 0.339 e. The van der Waals surface area contributed by atoms with Crippen LogP contribution in [0, 0.1) is 0 Å². The van der Waals surface area contributed by atoms with E-state index in [2.05, 4.69) is 47.0 Å². The van der Waals surface area contributed by atoms with Gasteiger partial charge in [0.15, 0.2) is 23.0 Å². The summed E-state index contributed by atoms with van der Waals surface area (Å²) >= 11 is 0. The monoisotopic (exact) mass is 908 g/mol. The highest BCUT2D eigenvalue weighted by molar-refractivity contribution is 6.09. The summed E-state index contributed by atoms with van der Waals surface area (Å²) in [4.78, 5) is 64.6. The molecule has 5 aromatic carbocycles. The van der Waals surface area contributed by atoms with E-state index in [4.69, 9.17) is 9.47 Å². The van der Waals surface area contributed by atoms with Crippen molar-refractivity contribution in [2.24, 2.45) is 0 Å². The van der Waals surface area contributed by atoms with Gasteiger partial charge in [-0.2, -0.15) is 15.4 Å². The molecule has 0 fully saturated rings. The van der Waals surface area contributed by atoms with Gasteiger partial charge in [0.2, 0.25) is 5.91 Å². The number of hydrogen-bond donors (Lipinski definition) is 9. The third-order valence-electron chi connectivity index (χ3n) is 10.1. The molecule has 0 radical (unpaired) electrons. The number of aromatic carboxylic acids is 1. The topological polar surface area (TPSA) is 305 Å². The number of carbonyl (C=O) groups is 5. The molecule has 0 bridgehead atoms. The van der Waals surface area contributed by atoms with Crippen molar-refractivity contribution in [3.8, 4) is 45.7 Å². The van der Waals surface area contributed by atoms with Gasteiger partial charge in [0.05, 0.1) is 43.6 Å². The zero-order valence-electron chi connectivity index (χ0n) is 35.6. The first-order valence-corrected chi connectivity index (χ1v) is 20.0. The molecule has 0 aliphatic heterocycles. The first kappa shape index (κ1) is 45.5. The average molecular weight is 909 g/mol. The van der Waals surface area contributed by atoms with Crippen molar-refractivity contribution in [2.45, 2.75) is 19.4 Å². The molecule has 67 heavy (non-hydrogen) atoms. The zero-order chi connectivity index (χ0) is 47.8. The van der Waals surface area contributed by atoms with Gasteiger partial charge in [-0.25, -0.2) is 9.48 Å². The second kappa shape index (κ2) is 19.9. The number of nitrogens with one attached hydrogen (secondary N) is 5. The number of benzene rings is 5. The number of rotatable bonds is 16. The molecule has 21 nitrogen and oxygen atoms in total. The number of phenols is 3. The lowest BCUT2D eigenvalue weighted by Gasteiger charge is -2.18. The number of carbonyl (C=O) groups excluding carboxylic acids is 4. The van der Waals surface area contributed by atoms with E-state index in [0.717, 1.165) is 11.6 Å². The Balaban J connectivity index is 1.00. The van der Waals surface area contributed by atoms with E-state index >= 15 is 0 Å². The Hall–Kier alpha value is -9.53. The molecule has 1 atom stereocenters. The van der Waals surface area contributed by atoms with E-state index in [-0.39, 0.29) is 52.1 Å². The molecule has 4 amide bonds. The summed E-state index contributed by atoms with van der Waals surface area (Å²) in [5, 5.41) is 69.8. The number of carboxylic acids is 1. The quantitative estimate of drug-likeness (QED) is 0.0566. The van der Waals surface area contributed by atoms with Crippen LogP contribution in [0.4, 0.5) is 17.1 Å². The number of aromatic amines is 1. The van der Waals surface area contributed by atoms with Crippen LogP contribution in [0.25, 0.3) is 23.0 Å². The van der Waals surface area contributed by atoms with Crippen LogP contribution in [0.5, 0.6) is 28.7 Å². The number of aromatic nitrogens is 6. The molecule has 7 rings (SSSR count). The van der Waals surface area contributed by atoms with Crippen molar-refractivity contribution in [1.29, 1.82) is 0 Å². The van der Waals surface area contributed by atoms with E-state index in [0.29, 0.717) is 33.9 Å². The zero-order valence-corrected chi connectivity index (χ0v) is 35.6. The molecule has 0 unspecified atom stereocenters. The molecule has 21 heteroatoms. The number of anilines is 3. The predicted molar refractivity (Wildman–Crippen MR) is 241 cm³/mol. The summed E-state index contributed by atoms with van der Waals surface area (Å²) in [7, 11) is 2.47. The van der Waals surface area contributed by atoms with E-state index in [9.17, 15) is 44.4 Å². The Labute approximate surface area is 379 Å². The minimum absolute atomic E-state index is 0.00238. The SMILES string of the molecule is COc1c(NC(=O)c2ccc(-n3cc(-c4ccc(NC(=O)[C@H](Cc5cn[nH]n5)NC(=O)c5ccc(NC(=O)/C(C)=C/c6ccc(O)cc6)cc5)cc4)nn3)c(OC)c2O)ccc(C(=O)O)c1O. The van der Waals surface area contributed by atoms with E-state index in [1.807, 2.05) is 0 Å². The van der Waals surface area contributed by atoms with E-state index in [1.54, 1.807) is 67.7 Å². The first-order chi connectivity index (χ1) is 32.2. The van der Waals surface area contributed by atoms with Crippen LogP contribution in [0.15, 0.2) is 115 Å². The van der Waals surface area contributed by atoms with Gasteiger partial charge in [-0.3, -0.25) is 19.2 Å². The van der Waals surface area contributed by atoms with Gasteiger partial charge in [0.1, 0.15) is 28.7 Å². The summed E-state index contributed by atoms with van der Waals surface area (Å²) in [6, 6.07) is 23.1.